The summed E-state index contributed by atoms with van der Waals surface area (Å²) in [5, 5.41) is 1.67. The van der Waals surface area contributed by atoms with Crippen molar-refractivity contribution in [3.8, 4) is 0 Å². The van der Waals surface area contributed by atoms with E-state index in [0.29, 0.717) is 0 Å². The first-order valence-electron chi connectivity index (χ1n) is 7.67. The van der Waals surface area contributed by atoms with Gasteiger partial charge in [0.2, 0.25) is 0 Å². The number of rotatable bonds is 12. The van der Waals surface area contributed by atoms with Crippen molar-refractivity contribution >= 4 is 0 Å². The van der Waals surface area contributed by atoms with Crippen molar-refractivity contribution in [3.05, 3.63) is 0 Å². The van der Waals surface area contributed by atoms with Crippen LogP contribution < -0.4 is 0 Å². The van der Waals surface area contributed by atoms with E-state index in [1.54, 1.807) is 5.23 Å². The predicted molar refractivity (Wildman–Crippen MR) is 77.1 cm³/mol. The Morgan fingerprint density at radius 1 is 0.722 bits per heavy atom. The Kier molecular flexibility index (Phi) is 11.9. The molecule has 0 saturated carbocycles. The van der Waals surface area contributed by atoms with Gasteiger partial charge in [0.15, 0.2) is 0 Å². The molecular weight excluding hydrogens is 226 g/mol. The van der Waals surface area contributed by atoms with Crippen LogP contribution in [0.2, 0.25) is 0 Å². The Hall–Kier alpha value is -0.120. The molecule has 110 valence electrons. The third-order valence-electron chi connectivity index (χ3n) is 2.60. The Bertz CT molecular complexity index is 162. The summed E-state index contributed by atoms with van der Waals surface area (Å²) in [6, 6.07) is 0. The van der Waals surface area contributed by atoms with Crippen LogP contribution in [-0.4, -0.2) is 24.0 Å². The van der Waals surface area contributed by atoms with Crippen LogP contribution in [0.3, 0.4) is 0 Å². The number of hydrogen-bond acceptors (Lipinski definition) is 3. The van der Waals surface area contributed by atoms with Gasteiger partial charge in [0, 0.05) is 0 Å². The molecule has 0 fully saturated rings. The zero-order chi connectivity index (χ0) is 13.8. The Morgan fingerprint density at radius 2 is 1.17 bits per heavy atom. The minimum atomic E-state index is 0.174. The van der Waals surface area contributed by atoms with Crippen molar-refractivity contribution in [2.75, 3.05) is 6.54 Å². The summed E-state index contributed by atoms with van der Waals surface area (Å²) in [6.07, 6.45) is 9.53. The molecule has 0 aromatic carbocycles. The van der Waals surface area contributed by atoms with Gasteiger partial charge in [0.05, 0.1) is 18.8 Å². The second kappa shape index (κ2) is 11.9. The summed E-state index contributed by atoms with van der Waals surface area (Å²) in [7, 11) is 0. The van der Waals surface area contributed by atoms with Gasteiger partial charge in [-0.1, -0.05) is 50.7 Å². The van der Waals surface area contributed by atoms with E-state index in [0.717, 1.165) is 13.0 Å². The first-order valence-corrected chi connectivity index (χ1v) is 7.67. The first-order chi connectivity index (χ1) is 8.56. The Morgan fingerprint density at radius 3 is 1.61 bits per heavy atom. The van der Waals surface area contributed by atoms with Crippen LogP contribution in [0.4, 0.5) is 0 Å². The van der Waals surface area contributed by atoms with Crippen molar-refractivity contribution < 1.29 is 9.68 Å². The zero-order valence-corrected chi connectivity index (χ0v) is 13.1. The summed E-state index contributed by atoms with van der Waals surface area (Å²) >= 11 is 0. The lowest BCUT2D eigenvalue weighted by Gasteiger charge is -2.24. The normalized spacial score (nSPS) is 12.0. The molecule has 0 saturated heterocycles. The highest BCUT2D eigenvalue weighted by molar-refractivity contribution is 4.47. The van der Waals surface area contributed by atoms with E-state index in [9.17, 15) is 0 Å². The average Bonchev–Trinajstić information content (AvgIpc) is 2.26. The van der Waals surface area contributed by atoms with E-state index in [2.05, 4.69) is 6.92 Å². The van der Waals surface area contributed by atoms with Crippen LogP contribution in [0.5, 0.6) is 0 Å². The predicted octanol–water partition coefficient (Wildman–Crippen LogP) is 4.72. The van der Waals surface area contributed by atoms with E-state index in [4.69, 9.17) is 9.68 Å². The molecule has 0 amide bonds. The Balaban J connectivity index is 3.56. The lowest BCUT2D eigenvalue weighted by Crippen LogP contribution is -2.31. The molecule has 3 nitrogen and oxygen atoms in total. The molecule has 18 heavy (non-hydrogen) atoms. The standard InChI is InChI=1S/C15H33NO2/c1-6-7-8-9-10-11-12-13-16(17-14(2)3)18-15(4)5/h14-15H,6-13H2,1-5H3. The molecule has 0 aliphatic carbocycles. The van der Waals surface area contributed by atoms with E-state index in [-0.39, 0.29) is 12.2 Å². The zero-order valence-electron chi connectivity index (χ0n) is 13.1. The lowest BCUT2D eigenvalue weighted by atomic mass is 10.1. The maximum absolute atomic E-state index is 5.62. The van der Waals surface area contributed by atoms with Crippen LogP contribution in [0.25, 0.3) is 0 Å². The van der Waals surface area contributed by atoms with Crippen molar-refractivity contribution in [2.45, 2.75) is 91.8 Å². The van der Waals surface area contributed by atoms with Crippen LogP contribution in [0, 0.1) is 0 Å². The molecule has 0 aliphatic heterocycles. The molecule has 0 atom stereocenters. The summed E-state index contributed by atoms with van der Waals surface area (Å²) in [6.45, 7) is 11.2. The van der Waals surface area contributed by atoms with E-state index >= 15 is 0 Å². The second-order valence-corrected chi connectivity index (χ2v) is 5.49. The molecule has 0 radical (unpaired) electrons. The lowest BCUT2D eigenvalue weighted by molar-refractivity contribution is -0.394. The molecular formula is C15H33NO2. The van der Waals surface area contributed by atoms with Crippen LogP contribution in [0.15, 0.2) is 0 Å². The number of hydrogen-bond donors (Lipinski definition) is 0. The molecule has 0 N–H and O–H groups in total. The van der Waals surface area contributed by atoms with Crippen LogP contribution in [0.1, 0.15) is 79.6 Å². The van der Waals surface area contributed by atoms with Gasteiger partial charge in [0.1, 0.15) is 0 Å². The SMILES string of the molecule is CCCCCCCCCN(OC(C)C)OC(C)C. The highest BCUT2D eigenvalue weighted by Gasteiger charge is 2.10. The fourth-order valence-electron chi connectivity index (χ4n) is 1.80. The van der Waals surface area contributed by atoms with Gasteiger partial charge in [-0.15, -0.1) is 0 Å². The van der Waals surface area contributed by atoms with Gasteiger partial charge < -0.3 is 0 Å². The molecule has 3 heteroatoms. The molecule has 0 aromatic heterocycles. The largest absolute Gasteiger partial charge is 0.271 e. The number of nitrogens with zero attached hydrogens (tertiary/aromatic N) is 1. The van der Waals surface area contributed by atoms with Crippen molar-refractivity contribution in [2.24, 2.45) is 0 Å². The van der Waals surface area contributed by atoms with Gasteiger partial charge in [-0.2, -0.15) is 0 Å². The monoisotopic (exact) mass is 259 g/mol. The maximum atomic E-state index is 5.62. The second-order valence-electron chi connectivity index (χ2n) is 5.49. The van der Waals surface area contributed by atoms with E-state index in [1.165, 1.54) is 38.5 Å². The summed E-state index contributed by atoms with van der Waals surface area (Å²) in [5.74, 6) is 0. The summed E-state index contributed by atoms with van der Waals surface area (Å²) in [5.41, 5.74) is 0. The third kappa shape index (κ3) is 12.3. The topological polar surface area (TPSA) is 21.7 Å². The smallest absolute Gasteiger partial charge is 0.0763 e. The van der Waals surface area contributed by atoms with Crippen LogP contribution in [-0.2, 0) is 9.68 Å². The molecule has 0 aromatic rings. The maximum Gasteiger partial charge on any atom is 0.0763 e. The number of unbranched alkanes of at least 4 members (excludes halogenated alkanes) is 6. The van der Waals surface area contributed by atoms with Gasteiger partial charge in [0.25, 0.3) is 0 Å². The minimum Gasteiger partial charge on any atom is -0.271 e. The van der Waals surface area contributed by atoms with Gasteiger partial charge >= 0.3 is 0 Å². The van der Waals surface area contributed by atoms with Crippen molar-refractivity contribution in [1.29, 1.82) is 0 Å². The van der Waals surface area contributed by atoms with E-state index < -0.39 is 0 Å². The van der Waals surface area contributed by atoms with Crippen LogP contribution >= 0.6 is 0 Å². The third-order valence-corrected chi connectivity index (χ3v) is 2.60. The molecule has 0 heterocycles. The quantitative estimate of drug-likeness (QED) is 0.374. The molecule has 0 spiro atoms. The minimum absolute atomic E-state index is 0.174. The summed E-state index contributed by atoms with van der Waals surface area (Å²) in [4.78, 5) is 11.2. The van der Waals surface area contributed by atoms with Crippen molar-refractivity contribution in [1.82, 2.24) is 5.23 Å². The average molecular weight is 259 g/mol. The first kappa shape index (κ1) is 17.9. The highest BCUT2D eigenvalue weighted by Crippen LogP contribution is 2.09. The Labute approximate surface area is 114 Å². The van der Waals surface area contributed by atoms with Gasteiger partial charge in [-0.05, 0) is 34.1 Å². The van der Waals surface area contributed by atoms with E-state index in [1.807, 2.05) is 27.7 Å². The highest BCUT2D eigenvalue weighted by atomic mass is 17.0. The molecule has 0 unspecified atom stereocenters. The number of hydroxylamine groups is 2. The molecule has 0 aliphatic rings. The molecule has 0 bridgehead atoms. The van der Waals surface area contributed by atoms with Gasteiger partial charge in [-0.25, -0.2) is 0 Å². The van der Waals surface area contributed by atoms with Gasteiger partial charge in [-0.3, -0.25) is 9.68 Å². The molecule has 0 rings (SSSR count). The fraction of sp³-hybridized carbons (Fsp3) is 1.00. The summed E-state index contributed by atoms with van der Waals surface area (Å²) < 4.78 is 0. The fourth-order valence-corrected chi connectivity index (χ4v) is 1.80. The van der Waals surface area contributed by atoms with Crippen molar-refractivity contribution in [3.63, 3.8) is 0 Å².